The van der Waals surface area contributed by atoms with Gasteiger partial charge >= 0.3 is 5.97 Å². The summed E-state index contributed by atoms with van der Waals surface area (Å²) < 4.78 is 4.68. The summed E-state index contributed by atoms with van der Waals surface area (Å²) in [6, 6.07) is -0.251. The van der Waals surface area contributed by atoms with E-state index in [0.29, 0.717) is 13.0 Å². The topological polar surface area (TPSA) is 49.8 Å². The van der Waals surface area contributed by atoms with Gasteiger partial charge < -0.3 is 9.84 Å². The van der Waals surface area contributed by atoms with E-state index in [1.807, 2.05) is 11.8 Å². The summed E-state index contributed by atoms with van der Waals surface area (Å²) >= 11 is 0. The SMILES string of the molecule is C=CC(C)N1CC(O)CC1C(=O)OC. The second kappa shape index (κ2) is 4.57. The minimum absolute atomic E-state index is 0.0799. The fourth-order valence-corrected chi connectivity index (χ4v) is 1.79. The highest BCUT2D eigenvalue weighted by Crippen LogP contribution is 2.21. The number of aliphatic hydroxyl groups is 1. The average Bonchev–Trinajstić information content (AvgIpc) is 2.58. The largest absolute Gasteiger partial charge is 0.468 e. The van der Waals surface area contributed by atoms with Crippen molar-refractivity contribution < 1.29 is 14.6 Å². The highest BCUT2D eigenvalue weighted by molar-refractivity contribution is 5.76. The van der Waals surface area contributed by atoms with E-state index in [9.17, 15) is 9.90 Å². The third-order valence-corrected chi connectivity index (χ3v) is 2.65. The summed E-state index contributed by atoms with van der Waals surface area (Å²) in [5.74, 6) is -0.282. The van der Waals surface area contributed by atoms with Crippen molar-refractivity contribution in [3.8, 4) is 0 Å². The lowest BCUT2D eigenvalue weighted by Crippen LogP contribution is -2.41. The molecule has 1 N–H and O–H groups in total. The van der Waals surface area contributed by atoms with Crippen molar-refractivity contribution in [1.82, 2.24) is 4.90 Å². The van der Waals surface area contributed by atoms with Gasteiger partial charge in [0.2, 0.25) is 0 Å². The van der Waals surface area contributed by atoms with Gasteiger partial charge in [0.05, 0.1) is 13.2 Å². The number of carbonyl (C=O) groups is 1. The molecule has 3 atom stereocenters. The number of esters is 1. The van der Waals surface area contributed by atoms with Crippen LogP contribution >= 0.6 is 0 Å². The van der Waals surface area contributed by atoms with E-state index in [1.165, 1.54) is 7.11 Å². The number of β-amino-alcohol motifs (C(OH)–C–C–N with tert-alkyl or cyclic N) is 1. The number of nitrogens with zero attached hydrogens (tertiary/aromatic N) is 1. The van der Waals surface area contributed by atoms with Crippen LogP contribution in [0.1, 0.15) is 13.3 Å². The van der Waals surface area contributed by atoms with Crippen LogP contribution in [0.25, 0.3) is 0 Å². The van der Waals surface area contributed by atoms with Crippen LogP contribution in [0.15, 0.2) is 12.7 Å². The van der Waals surface area contributed by atoms with E-state index >= 15 is 0 Å². The van der Waals surface area contributed by atoms with Crippen LogP contribution in [0, 0.1) is 0 Å². The zero-order valence-corrected chi connectivity index (χ0v) is 8.64. The van der Waals surface area contributed by atoms with Crippen molar-refractivity contribution in [2.24, 2.45) is 0 Å². The van der Waals surface area contributed by atoms with Crippen molar-refractivity contribution in [3.05, 3.63) is 12.7 Å². The molecule has 1 heterocycles. The first-order valence-electron chi connectivity index (χ1n) is 4.74. The number of aliphatic hydroxyl groups excluding tert-OH is 1. The summed E-state index contributed by atoms with van der Waals surface area (Å²) in [6.45, 7) is 6.13. The van der Waals surface area contributed by atoms with Gasteiger partial charge in [-0.25, -0.2) is 0 Å². The number of likely N-dealkylation sites (tertiary alicyclic amines) is 1. The molecular weight excluding hydrogens is 182 g/mol. The predicted octanol–water partition coefficient (Wildman–Crippen LogP) is 0.169. The van der Waals surface area contributed by atoms with Crippen molar-refractivity contribution in [3.63, 3.8) is 0 Å². The molecule has 0 aromatic carbocycles. The van der Waals surface area contributed by atoms with Crippen LogP contribution in [-0.2, 0) is 9.53 Å². The van der Waals surface area contributed by atoms with Crippen molar-refractivity contribution >= 4 is 5.97 Å². The standard InChI is InChI=1S/C10H17NO3/c1-4-7(2)11-6-8(12)5-9(11)10(13)14-3/h4,7-9,12H,1,5-6H2,2-3H3. The van der Waals surface area contributed by atoms with Crippen LogP contribution in [0.5, 0.6) is 0 Å². The maximum Gasteiger partial charge on any atom is 0.323 e. The average molecular weight is 199 g/mol. The highest BCUT2D eigenvalue weighted by atomic mass is 16.5. The van der Waals surface area contributed by atoms with E-state index in [1.54, 1.807) is 6.08 Å². The molecule has 1 fully saturated rings. The summed E-state index contributed by atoms with van der Waals surface area (Å²) in [6.07, 6.45) is 1.76. The number of hydrogen-bond donors (Lipinski definition) is 1. The van der Waals surface area contributed by atoms with Gasteiger partial charge in [0.15, 0.2) is 0 Å². The molecule has 0 aromatic heterocycles. The second-order valence-electron chi connectivity index (χ2n) is 3.60. The second-order valence-corrected chi connectivity index (χ2v) is 3.60. The summed E-state index contributed by atoms with van der Waals surface area (Å²) in [4.78, 5) is 13.3. The molecule has 80 valence electrons. The van der Waals surface area contributed by atoms with Crippen molar-refractivity contribution in [2.45, 2.75) is 31.5 Å². The monoisotopic (exact) mass is 199 g/mol. The maximum atomic E-state index is 11.4. The van der Waals surface area contributed by atoms with Gasteiger partial charge in [0.1, 0.15) is 6.04 Å². The highest BCUT2D eigenvalue weighted by Gasteiger charge is 2.38. The lowest BCUT2D eigenvalue weighted by molar-refractivity contribution is -0.146. The van der Waals surface area contributed by atoms with Gasteiger partial charge in [0.25, 0.3) is 0 Å². The molecular formula is C10H17NO3. The lowest BCUT2D eigenvalue weighted by atomic mass is 10.2. The first-order valence-corrected chi connectivity index (χ1v) is 4.74. The molecule has 4 heteroatoms. The molecule has 0 saturated carbocycles. The zero-order valence-electron chi connectivity index (χ0n) is 8.64. The van der Waals surface area contributed by atoms with E-state index in [2.05, 4.69) is 11.3 Å². The Balaban J connectivity index is 2.71. The van der Waals surface area contributed by atoms with Crippen LogP contribution in [0.3, 0.4) is 0 Å². The molecule has 14 heavy (non-hydrogen) atoms. The van der Waals surface area contributed by atoms with Crippen molar-refractivity contribution in [2.75, 3.05) is 13.7 Å². The number of methoxy groups -OCH3 is 1. The van der Waals surface area contributed by atoms with Gasteiger partial charge in [-0.2, -0.15) is 0 Å². The molecule has 0 bridgehead atoms. The Morgan fingerprint density at radius 2 is 2.43 bits per heavy atom. The molecule has 0 amide bonds. The summed E-state index contributed by atoms with van der Waals surface area (Å²) in [7, 11) is 1.36. The fraction of sp³-hybridized carbons (Fsp3) is 0.700. The van der Waals surface area contributed by atoms with E-state index in [-0.39, 0.29) is 18.1 Å². The van der Waals surface area contributed by atoms with Gasteiger partial charge in [-0.15, -0.1) is 6.58 Å². The van der Waals surface area contributed by atoms with Gasteiger partial charge in [-0.05, 0) is 6.92 Å². The van der Waals surface area contributed by atoms with Gasteiger partial charge in [-0.1, -0.05) is 6.08 Å². The molecule has 1 aliphatic rings. The smallest absolute Gasteiger partial charge is 0.323 e. The maximum absolute atomic E-state index is 11.4. The van der Waals surface area contributed by atoms with Crippen LogP contribution in [0.2, 0.25) is 0 Å². The quantitative estimate of drug-likeness (QED) is 0.520. The Morgan fingerprint density at radius 3 is 2.93 bits per heavy atom. The number of rotatable bonds is 3. The first-order chi connectivity index (χ1) is 6.60. The predicted molar refractivity (Wildman–Crippen MR) is 52.8 cm³/mol. The van der Waals surface area contributed by atoms with Crippen molar-refractivity contribution in [1.29, 1.82) is 0 Å². The Kier molecular flexibility index (Phi) is 3.66. The Hall–Kier alpha value is -0.870. The third-order valence-electron chi connectivity index (χ3n) is 2.65. The van der Waals surface area contributed by atoms with Crippen LogP contribution in [-0.4, -0.2) is 47.8 Å². The van der Waals surface area contributed by atoms with Crippen LogP contribution < -0.4 is 0 Å². The van der Waals surface area contributed by atoms with Gasteiger partial charge in [-0.3, -0.25) is 9.69 Å². The molecule has 0 radical (unpaired) electrons. The number of hydrogen-bond acceptors (Lipinski definition) is 4. The Bertz CT molecular complexity index is 229. The molecule has 1 rings (SSSR count). The van der Waals surface area contributed by atoms with E-state index in [4.69, 9.17) is 0 Å². The lowest BCUT2D eigenvalue weighted by Gasteiger charge is -2.26. The summed E-state index contributed by atoms with van der Waals surface area (Å²) in [5, 5.41) is 9.48. The molecule has 0 spiro atoms. The minimum Gasteiger partial charge on any atom is -0.468 e. The fourth-order valence-electron chi connectivity index (χ4n) is 1.79. The van der Waals surface area contributed by atoms with E-state index in [0.717, 1.165) is 0 Å². The number of ether oxygens (including phenoxy) is 1. The normalized spacial score (nSPS) is 29.9. The molecule has 4 nitrogen and oxygen atoms in total. The molecule has 1 aliphatic heterocycles. The van der Waals surface area contributed by atoms with E-state index < -0.39 is 6.10 Å². The molecule has 3 unspecified atom stereocenters. The molecule has 0 aromatic rings. The van der Waals surface area contributed by atoms with Gasteiger partial charge in [0, 0.05) is 19.0 Å². The molecule has 1 saturated heterocycles. The first kappa shape index (κ1) is 11.2. The summed E-state index contributed by atoms with van der Waals surface area (Å²) in [5.41, 5.74) is 0. The third kappa shape index (κ3) is 2.13. The Labute approximate surface area is 84.2 Å². The van der Waals surface area contributed by atoms with Crippen LogP contribution in [0.4, 0.5) is 0 Å². The molecule has 0 aliphatic carbocycles. The zero-order chi connectivity index (χ0) is 10.7. The number of carbonyl (C=O) groups excluding carboxylic acids is 1. The minimum atomic E-state index is -0.443. The Morgan fingerprint density at radius 1 is 1.79 bits per heavy atom.